The Labute approximate surface area is 135 Å². The zero-order valence-corrected chi connectivity index (χ0v) is 12.7. The molecule has 112 valence electrons. The highest BCUT2D eigenvalue weighted by Gasteiger charge is 2.00. The molecule has 0 aliphatic carbocycles. The molecule has 0 fully saturated rings. The molecule has 3 nitrogen and oxygen atoms in total. The summed E-state index contributed by atoms with van der Waals surface area (Å²) in [7, 11) is 0. The maximum Gasteiger partial charge on any atom is 0.0670 e. The van der Waals surface area contributed by atoms with Crippen molar-refractivity contribution in [2.75, 3.05) is 5.32 Å². The second-order valence-corrected chi connectivity index (χ2v) is 5.59. The Morgan fingerprint density at radius 1 is 0.826 bits per heavy atom. The molecule has 1 aromatic heterocycles. The van der Waals surface area contributed by atoms with Crippen LogP contribution in [0.2, 0.25) is 0 Å². The van der Waals surface area contributed by atoms with Crippen molar-refractivity contribution in [2.45, 2.75) is 6.54 Å². The van der Waals surface area contributed by atoms with E-state index < -0.39 is 0 Å². The first-order chi connectivity index (χ1) is 11.4. The molecule has 0 unspecified atom stereocenters. The van der Waals surface area contributed by atoms with E-state index in [9.17, 15) is 0 Å². The number of fused-ring (bicyclic) bond motifs is 1. The molecule has 4 aromatic rings. The third-order valence-electron chi connectivity index (χ3n) is 4.00. The van der Waals surface area contributed by atoms with Gasteiger partial charge in [0.05, 0.1) is 11.7 Å². The van der Waals surface area contributed by atoms with Gasteiger partial charge in [-0.05, 0) is 34.9 Å². The summed E-state index contributed by atoms with van der Waals surface area (Å²) in [6.45, 7) is 0.800. The summed E-state index contributed by atoms with van der Waals surface area (Å²) in [5, 5.41) is 11.6. The van der Waals surface area contributed by atoms with Gasteiger partial charge in [-0.1, -0.05) is 54.6 Å². The molecule has 0 radical (unpaired) electrons. The van der Waals surface area contributed by atoms with Crippen molar-refractivity contribution < 1.29 is 0 Å². The van der Waals surface area contributed by atoms with Crippen LogP contribution in [0.4, 0.5) is 5.69 Å². The minimum Gasteiger partial charge on any atom is -0.381 e. The Morgan fingerprint density at radius 2 is 1.61 bits per heavy atom. The molecule has 1 heterocycles. The van der Waals surface area contributed by atoms with Crippen LogP contribution in [0.15, 0.2) is 79.0 Å². The lowest BCUT2D eigenvalue weighted by atomic mass is 10.0. The molecular weight excluding hydrogens is 282 g/mol. The topological polar surface area (TPSA) is 40.7 Å². The quantitative estimate of drug-likeness (QED) is 0.566. The van der Waals surface area contributed by atoms with Crippen molar-refractivity contribution in [2.24, 2.45) is 0 Å². The van der Waals surface area contributed by atoms with E-state index in [4.69, 9.17) is 0 Å². The number of rotatable bonds is 4. The Morgan fingerprint density at radius 3 is 2.43 bits per heavy atom. The molecule has 0 aliphatic rings. The van der Waals surface area contributed by atoms with Gasteiger partial charge in [0.15, 0.2) is 0 Å². The van der Waals surface area contributed by atoms with Crippen LogP contribution in [0.3, 0.4) is 0 Å². The number of aromatic amines is 1. The molecule has 23 heavy (non-hydrogen) atoms. The van der Waals surface area contributed by atoms with Crippen molar-refractivity contribution in [3.8, 4) is 11.1 Å². The molecule has 2 N–H and O–H groups in total. The molecule has 3 heteroatoms. The van der Waals surface area contributed by atoms with Gasteiger partial charge in [0.25, 0.3) is 0 Å². The largest absolute Gasteiger partial charge is 0.381 e. The van der Waals surface area contributed by atoms with Crippen LogP contribution in [-0.2, 0) is 6.54 Å². The number of H-pyrrole nitrogens is 1. The first kappa shape index (κ1) is 13.6. The third-order valence-corrected chi connectivity index (χ3v) is 4.00. The van der Waals surface area contributed by atoms with Crippen molar-refractivity contribution in [3.05, 3.63) is 84.6 Å². The van der Waals surface area contributed by atoms with Crippen molar-refractivity contribution in [1.29, 1.82) is 0 Å². The van der Waals surface area contributed by atoms with Crippen LogP contribution in [0, 0.1) is 0 Å². The van der Waals surface area contributed by atoms with E-state index in [1.807, 2.05) is 12.3 Å². The predicted octanol–water partition coefficient (Wildman–Crippen LogP) is 4.84. The van der Waals surface area contributed by atoms with Gasteiger partial charge in [0.2, 0.25) is 0 Å². The van der Waals surface area contributed by atoms with Crippen molar-refractivity contribution in [3.63, 3.8) is 0 Å². The van der Waals surface area contributed by atoms with Gasteiger partial charge in [-0.2, -0.15) is 5.10 Å². The highest BCUT2D eigenvalue weighted by Crippen LogP contribution is 2.20. The molecule has 0 amide bonds. The summed E-state index contributed by atoms with van der Waals surface area (Å²) in [6.07, 6.45) is 1.83. The second-order valence-electron chi connectivity index (χ2n) is 5.59. The molecular formula is C20H17N3. The zero-order valence-electron chi connectivity index (χ0n) is 12.7. The molecule has 0 atom stereocenters. The highest BCUT2D eigenvalue weighted by atomic mass is 15.1. The van der Waals surface area contributed by atoms with Crippen LogP contribution >= 0.6 is 0 Å². The fraction of sp³-hybridized carbons (Fsp3) is 0.0500. The van der Waals surface area contributed by atoms with E-state index in [0.717, 1.165) is 23.1 Å². The first-order valence-corrected chi connectivity index (χ1v) is 7.70. The van der Waals surface area contributed by atoms with Gasteiger partial charge in [-0.3, -0.25) is 5.10 Å². The Hall–Kier alpha value is -3.07. The average molecular weight is 299 g/mol. The Bertz CT molecular complexity index is 908. The number of hydrogen-bond donors (Lipinski definition) is 2. The maximum absolute atomic E-state index is 4.05. The van der Waals surface area contributed by atoms with Gasteiger partial charge >= 0.3 is 0 Å². The number of benzene rings is 3. The van der Waals surface area contributed by atoms with Crippen molar-refractivity contribution >= 4 is 16.6 Å². The second kappa shape index (κ2) is 5.97. The lowest BCUT2D eigenvalue weighted by molar-refractivity contribution is 1.12. The normalized spacial score (nSPS) is 10.8. The summed E-state index contributed by atoms with van der Waals surface area (Å²) < 4.78 is 0. The monoisotopic (exact) mass is 299 g/mol. The first-order valence-electron chi connectivity index (χ1n) is 7.70. The third kappa shape index (κ3) is 2.94. The number of nitrogens with zero attached hydrogens (tertiary/aromatic N) is 1. The minimum absolute atomic E-state index is 0.800. The van der Waals surface area contributed by atoms with Crippen LogP contribution in [0.25, 0.3) is 22.0 Å². The minimum atomic E-state index is 0.800. The predicted molar refractivity (Wildman–Crippen MR) is 95.3 cm³/mol. The van der Waals surface area contributed by atoms with Crippen LogP contribution in [0.5, 0.6) is 0 Å². The van der Waals surface area contributed by atoms with Gasteiger partial charge in [0.1, 0.15) is 0 Å². The van der Waals surface area contributed by atoms with E-state index in [-0.39, 0.29) is 0 Å². The molecule has 0 saturated heterocycles. The molecule has 3 aromatic carbocycles. The Kier molecular flexibility index (Phi) is 3.53. The number of hydrogen-bond acceptors (Lipinski definition) is 2. The summed E-state index contributed by atoms with van der Waals surface area (Å²) in [5.41, 5.74) is 5.89. The summed E-state index contributed by atoms with van der Waals surface area (Å²) in [6, 6.07) is 25.4. The highest BCUT2D eigenvalue weighted by molar-refractivity contribution is 5.81. The van der Waals surface area contributed by atoms with Gasteiger partial charge in [0, 0.05) is 17.6 Å². The fourth-order valence-electron chi connectivity index (χ4n) is 2.70. The van der Waals surface area contributed by atoms with Gasteiger partial charge in [-0.25, -0.2) is 0 Å². The molecule has 0 spiro atoms. The van der Waals surface area contributed by atoms with E-state index in [2.05, 4.69) is 82.2 Å². The zero-order chi connectivity index (χ0) is 15.5. The standard InChI is InChI=1S/C20H17N3/c1-2-4-16(5-3-1)17-8-6-15(7-9-17)13-21-19-11-10-18-14-22-23-20(18)12-19/h1-12,14,21H,13H2,(H,22,23). The van der Waals surface area contributed by atoms with Crippen LogP contribution < -0.4 is 5.32 Å². The van der Waals surface area contributed by atoms with E-state index in [1.165, 1.54) is 16.7 Å². The summed E-state index contributed by atoms with van der Waals surface area (Å²) in [4.78, 5) is 0. The maximum atomic E-state index is 4.05. The van der Waals surface area contributed by atoms with Crippen molar-refractivity contribution in [1.82, 2.24) is 10.2 Å². The van der Waals surface area contributed by atoms with Gasteiger partial charge < -0.3 is 5.32 Å². The van der Waals surface area contributed by atoms with E-state index >= 15 is 0 Å². The molecule has 0 aliphatic heterocycles. The summed E-state index contributed by atoms with van der Waals surface area (Å²) in [5.74, 6) is 0. The molecule has 4 rings (SSSR count). The lowest BCUT2D eigenvalue weighted by Crippen LogP contribution is -1.99. The lowest BCUT2D eigenvalue weighted by Gasteiger charge is -2.08. The number of anilines is 1. The van der Waals surface area contributed by atoms with Crippen LogP contribution in [-0.4, -0.2) is 10.2 Å². The van der Waals surface area contributed by atoms with Gasteiger partial charge in [-0.15, -0.1) is 0 Å². The SMILES string of the molecule is c1ccc(-c2ccc(CNc3ccc4cn[nH]c4c3)cc2)cc1. The Balaban J connectivity index is 1.46. The molecule has 0 bridgehead atoms. The van der Waals surface area contributed by atoms with E-state index in [1.54, 1.807) is 0 Å². The summed E-state index contributed by atoms with van der Waals surface area (Å²) >= 11 is 0. The van der Waals surface area contributed by atoms with Crippen LogP contribution in [0.1, 0.15) is 5.56 Å². The number of nitrogens with one attached hydrogen (secondary N) is 2. The average Bonchev–Trinajstić information content (AvgIpc) is 3.09. The smallest absolute Gasteiger partial charge is 0.0670 e. The fourth-order valence-corrected chi connectivity index (χ4v) is 2.70. The number of aromatic nitrogens is 2. The van der Waals surface area contributed by atoms with E-state index in [0.29, 0.717) is 0 Å². The molecule has 0 saturated carbocycles.